The molecule has 7 nitrogen and oxygen atoms in total. The number of aliphatic imine (C=N–C) groups is 1. The summed E-state index contributed by atoms with van der Waals surface area (Å²) >= 11 is 0. The minimum absolute atomic E-state index is 0.0648. The van der Waals surface area contributed by atoms with Crippen LogP contribution < -0.4 is 14.8 Å². The Balaban J connectivity index is 2.00. The zero-order valence-electron chi connectivity index (χ0n) is 17.9. The summed E-state index contributed by atoms with van der Waals surface area (Å²) in [6.45, 7) is 8.49. The van der Waals surface area contributed by atoms with Crippen molar-refractivity contribution < 1.29 is 13.2 Å². The average molecular weight is 429 g/mol. The van der Waals surface area contributed by atoms with E-state index < -0.39 is 10.0 Å². The third kappa shape index (κ3) is 7.41. The highest BCUT2D eigenvalue weighted by Crippen LogP contribution is 2.24. The van der Waals surface area contributed by atoms with Crippen LogP contribution in [0.15, 0.2) is 53.5 Å². The van der Waals surface area contributed by atoms with E-state index in [0.29, 0.717) is 17.3 Å². The predicted molar refractivity (Wildman–Crippen MR) is 120 cm³/mol. The van der Waals surface area contributed by atoms with E-state index in [4.69, 9.17) is 10.00 Å². The topological polar surface area (TPSA) is 104 Å². The van der Waals surface area contributed by atoms with Crippen molar-refractivity contribution in [2.24, 2.45) is 4.99 Å². The summed E-state index contributed by atoms with van der Waals surface area (Å²) in [6, 6.07) is 14.7. The van der Waals surface area contributed by atoms with Crippen molar-refractivity contribution in [2.45, 2.75) is 39.2 Å². The van der Waals surface area contributed by atoms with E-state index >= 15 is 0 Å². The van der Waals surface area contributed by atoms with Crippen molar-refractivity contribution in [2.75, 3.05) is 17.6 Å². The lowest BCUT2D eigenvalue weighted by Gasteiger charge is -2.20. The van der Waals surface area contributed by atoms with Crippen molar-refractivity contribution >= 4 is 21.5 Å². The van der Waals surface area contributed by atoms with Gasteiger partial charge < -0.3 is 10.1 Å². The standard InChI is InChI=1S/C22H28N4O3S/c1-16(17-6-10-19(11-7-17)26-30(5,27)28)25-21(24-15-23)14-29-20-12-8-18(9-13-20)22(2,3)4/h6-13,16,26H,14H2,1-5H3,(H,24,25)/t16-/m1/s1. The van der Waals surface area contributed by atoms with Gasteiger partial charge in [0.25, 0.3) is 0 Å². The smallest absolute Gasteiger partial charge is 0.229 e. The number of nitrogens with one attached hydrogen (secondary N) is 2. The van der Waals surface area contributed by atoms with Crippen LogP contribution in [-0.2, 0) is 15.4 Å². The lowest BCUT2D eigenvalue weighted by atomic mass is 9.87. The maximum absolute atomic E-state index is 11.3. The van der Waals surface area contributed by atoms with Crippen LogP contribution in [0.1, 0.15) is 44.9 Å². The van der Waals surface area contributed by atoms with Gasteiger partial charge in [-0.3, -0.25) is 4.72 Å². The molecule has 0 amide bonds. The Morgan fingerprint density at radius 1 is 1.13 bits per heavy atom. The molecule has 0 spiro atoms. The minimum Gasteiger partial charge on any atom is -0.486 e. The summed E-state index contributed by atoms with van der Waals surface area (Å²) in [6.07, 6.45) is 2.90. The van der Waals surface area contributed by atoms with Gasteiger partial charge in [-0.25, -0.2) is 8.42 Å². The van der Waals surface area contributed by atoms with Crippen LogP contribution in [0.3, 0.4) is 0 Å². The SMILES string of the molecule is C[C@@H](N/C(COc1ccc(C(C)(C)C)cc1)=N/C#N)c1ccc(NS(C)(=O)=O)cc1. The fourth-order valence-corrected chi connectivity index (χ4v) is 3.32. The molecule has 1 atom stereocenters. The summed E-state index contributed by atoms with van der Waals surface area (Å²) in [5, 5.41) is 12.2. The van der Waals surface area contributed by atoms with E-state index in [0.717, 1.165) is 11.8 Å². The van der Waals surface area contributed by atoms with Gasteiger partial charge in [0.05, 0.1) is 6.26 Å². The number of benzene rings is 2. The molecule has 2 aromatic rings. The molecule has 0 saturated carbocycles. The predicted octanol–water partition coefficient (Wildman–Crippen LogP) is 3.96. The second kappa shape index (κ2) is 9.63. The summed E-state index contributed by atoms with van der Waals surface area (Å²) in [7, 11) is -3.32. The van der Waals surface area contributed by atoms with Crippen LogP contribution in [0.25, 0.3) is 0 Å². The number of hydrogen-bond acceptors (Lipinski definition) is 5. The van der Waals surface area contributed by atoms with E-state index in [1.807, 2.05) is 31.2 Å². The Morgan fingerprint density at radius 2 is 1.73 bits per heavy atom. The first-order valence-electron chi connectivity index (χ1n) is 9.51. The largest absolute Gasteiger partial charge is 0.486 e. The number of amidine groups is 1. The lowest BCUT2D eigenvalue weighted by molar-refractivity contribution is 0.370. The maximum Gasteiger partial charge on any atom is 0.229 e. The third-order valence-corrected chi connectivity index (χ3v) is 4.98. The van der Waals surface area contributed by atoms with E-state index in [9.17, 15) is 8.42 Å². The first kappa shape index (κ1) is 23.2. The molecule has 160 valence electrons. The summed E-state index contributed by atoms with van der Waals surface area (Å²) < 4.78 is 30.8. The van der Waals surface area contributed by atoms with Crippen molar-refractivity contribution in [3.8, 4) is 11.9 Å². The number of rotatable bonds is 7. The molecule has 0 saturated heterocycles. The second-order valence-electron chi connectivity index (χ2n) is 8.08. The van der Waals surface area contributed by atoms with Crippen LogP contribution in [0, 0.1) is 11.5 Å². The van der Waals surface area contributed by atoms with E-state index in [2.05, 4.69) is 35.8 Å². The Hall–Kier alpha value is -3.05. The monoisotopic (exact) mass is 428 g/mol. The Kier molecular flexibility index (Phi) is 7.46. The van der Waals surface area contributed by atoms with Crippen molar-refractivity contribution in [1.82, 2.24) is 5.32 Å². The fraction of sp³-hybridized carbons (Fsp3) is 0.364. The number of hydrogen-bond donors (Lipinski definition) is 2. The lowest BCUT2D eigenvalue weighted by Crippen LogP contribution is -2.31. The van der Waals surface area contributed by atoms with Gasteiger partial charge in [-0.05, 0) is 47.7 Å². The minimum atomic E-state index is -3.32. The first-order chi connectivity index (χ1) is 14.0. The van der Waals surface area contributed by atoms with E-state index in [1.54, 1.807) is 30.5 Å². The van der Waals surface area contributed by atoms with Crippen molar-refractivity contribution in [3.63, 3.8) is 0 Å². The zero-order valence-corrected chi connectivity index (χ0v) is 18.7. The van der Waals surface area contributed by atoms with Gasteiger partial charge in [-0.2, -0.15) is 10.3 Å². The Bertz CT molecular complexity index is 1020. The normalized spacial score (nSPS) is 13.3. The van der Waals surface area contributed by atoms with Crippen LogP contribution >= 0.6 is 0 Å². The Labute approximate surface area is 178 Å². The van der Waals surface area contributed by atoms with Gasteiger partial charge in [-0.15, -0.1) is 0 Å². The van der Waals surface area contributed by atoms with Crippen LogP contribution in [-0.4, -0.2) is 27.1 Å². The van der Waals surface area contributed by atoms with Crippen molar-refractivity contribution in [1.29, 1.82) is 5.26 Å². The highest BCUT2D eigenvalue weighted by atomic mass is 32.2. The third-order valence-electron chi connectivity index (χ3n) is 4.38. The van der Waals surface area contributed by atoms with E-state index in [1.165, 1.54) is 5.56 Å². The molecule has 0 aromatic heterocycles. The first-order valence-corrected chi connectivity index (χ1v) is 11.4. The summed E-state index contributed by atoms with van der Waals surface area (Å²) in [5.74, 6) is 1.10. The summed E-state index contributed by atoms with van der Waals surface area (Å²) in [5.41, 5.74) is 2.67. The number of sulfonamides is 1. The van der Waals surface area contributed by atoms with Crippen LogP contribution in [0.4, 0.5) is 5.69 Å². The summed E-state index contributed by atoms with van der Waals surface area (Å²) in [4.78, 5) is 3.82. The molecule has 0 bridgehead atoms. The maximum atomic E-state index is 11.3. The molecule has 0 aliphatic carbocycles. The molecular weight excluding hydrogens is 400 g/mol. The van der Waals surface area contributed by atoms with Gasteiger partial charge >= 0.3 is 0 Å². The number of anilines is 1. The highest BCUT2D eigenvalue weighted by Gasteiger charge is 2.14. The number of ether oxygens (including phenoxy) is 1. The van der Waals surface area contributed by atoms with Gasteiger partial charge in [0.1, 0.15) is 12.4 Å². The van der Waals surface area contributed by atoms with Gasteiger partial charge in [-0.1, -0.05) is 45.0 Å². The molecule has 2 N–H and O–H groups in total. The molecule has 0 heterocycles. The molecule has 2 aromatic carbocycles. The van der Waals surface area contributed by atoms with Gasteiger partial charge in [0, 0.05) is 11.7 Å². The molecule has 2 rings (SSSR count). The number of nitriles is 1. The molecule has 0 unspecified atom stereocenters. The fourth-order valence-electron chi connectivity index (χ4n) is 2.76. The van der Waals surface area contributed by atoms with Gasteiger partial charge in [0.2, 0.25) is 16.2 Å². The Morgan fingerprint density at radius 3 is 2.23 bits per heavy atom. The molecule has 0 aliphatic heterocycles. The second-order valence-corrected chi connectivity index (χ2v) is 9.83. The quantitative estimate of drug-likeness (QED) is 0.395. The molecule has 8 heteroatoms. The average Bonchev–Trinajstić information content (AvgIpc) is 2.65. The highest BCUT2D eigenvalue weighted by molar-refractivity contribution is 7.92. The molecule has 0 radical (unpaired) electrons. The van der Waals surface area contributed by atoms with Crippen molar-refractivity contribution in [3.05, 3.63) is 59.7 Å². The van der Waals surface area contributed by atoms with E-state index in [-0.39, 0.29) is 18.1 Å². The zero-order chi connectivity index (χ0) is 22.4. The van der Waals surface area contributed by atoms with Crippen LogP contribution in [0.2, 0.25) is 0 Å². The molecule has 0 fully saturated rings. The molecular formula is C22H28N4O3S. The molecule has 30 heavy (non-hydrogen) atoms. The number of nitrogens with zero attached hydrogens (tertiary/aromatic N) is 2. The molecule has 0 aliphatic rings. The van der Waals surface area contributed by atoms with Gasteiger partial charge in [0.15, 0.2) is 5.84 Å². The van der Waals surface area contributed by atoms with Crippen LogP contribution in [0.5, 0.6) is 5.75 Å².